The number of nitrogens with one attached hydrogen (secondary N) is 4. The van der Waals surface area contributed by atoms with Crippen molar-refractivity contribution >= 4 is 459 Å². The number of methoxy groups -OCH3 is 1. The number of furan rings is 3. The summed E-state index contributed by atoms with van der Waals surface area (Å²) >= 11 is 63.6. The molecule has 127 heavy (non-hydrogen) atoms. The summed E-state index contributed by atoms with van der Waals surface area (Å²) in [6.07, 6.45) is 3.08. The minimum absolute atomic E-state index is 0. The molecule has 3 aliphatic rings. The molecule has 0 aliphatic carbocycles. The molecule has 0 atom stereocenters. The molecule has 7 aromatic heterocycles. The van der Waals surface area contributed by atoms with Gasteiger partial charge in [-0.3, -0.25) is 25.0 Å². The Morgan fingerprint density at radius 2 is 0.890 bits per heavy atom. The van der Waals surface area contributed by atoms with Crippen LogP contribution in [0.5, 0.6) is 35.1 Å². The Kier molecular flexibility index (Phi) is 59.3. The molecule has 13 rings (SSSR count). The molecule has 0 fully saturated rings. The first kappa shape index (κ1) is 128. The average Bonchev–Trinajstić information content (AvgIpc) is 1.67. The molecule has 0 radical (unpaired) electrons. The number of benzene rings is 3. The Balaban J connectivity index is 0.000000287. The number of aryl methyl sites for hydroxylation is 6. The molecule has 3 aromatic carbocycles. The van der Waals surface area contributed by atoms with Crippen molar-refractivity contribution in [3.63, 3.8) is 0 Å². The Bertz CT molecular complexity index is 5410. The van der Waals surface area contributed by atoms with Crippen LogP contribution < -0.4 is 64.7 Å². The van der Waals surface area contributed by atoms with E-state index in [1.54, 1.807) is 27.6 Å². The van der Waals surface area contributed by atoms with Crippen LogP contribution in [0.1, 0.15) is 161 Å². The molecule has 1 amide bonds. The zero-order chi connectivity index (χ0) is 91.1. The molecule has 7 N–H and O–H groups in total. The minimum atomic E-state index is -1.14. The van der Waals surface area contributed by atoms with E-state index in [4.69, 9.17) is 73.2 Å². The SMILES string of the molecule is C.C.C.C.CN1CCC(C)(C)c2cc(Oc3ccc(C(=O)O)o3)c(Cl)cc21.COC(=O)c1ccc(Oc2cc3c(cc2Cl)NCCC3(C)C)o1.Cc1cc(NN)nc2c1c(C)nn2C.Cc1cc(NNC(=O)c2ccc(Oc3cc4c(cc3Cl)N(C)CCC4(C)C)o2)nc2c1c(C)nn2C.I[I-]I(I)I(I)I(I)I(I)I(I)I(I)I(I)I(I)I(I)I(I)I(I)I(I)I. The molecular formula is C73H94Cl3I27N13O11-. The van der Waals surface area contributed by atoms with Crippen LogP contribution in [0.15, 0.2) is 98.2 Å². The first-order chi connectivity index (χ1) is 57.6. The number of amides is 1. The van der Waals surface area contributed by atoms with Crippen molar-refractivity contribution in [3.05, 3.63) is 156 Å². The summed E-state index contributed by atoms with van der Waals surface area (Å²) in [7, 11) is 3.92. The van der Waals surface area contributed by atoms with Gasteiger partial charge in [0.2, 0.25) is 11.5 Å². The van der Waals surface area contributed by atoms with E-state index >= 15 is 0 Å². The molecule has 0 unspecified atom stereocenters. The first-order valence-electron chi connectivity index (χ1n) is 34.5. The number of esters is 1. The number of halogens is 30. The molecule has 54 heteroatoms. The zero-order valence-electron chi connectivity index (χ0n) is 66.3. The van der Waals surface area contributed by atoms with Crippen molar-refractivity contribution in [3.8, 4) is 35.1 Å². The number of hydrazine groups is 2. The Morgan fingerprint density at radius 1 is 0.520 bits per heavy atom. The van der Waals surface area contributed by atoms with Crippen LogP contribution in [-0.4, -0.2) is 93.3 Å². The summed E-state index contributed by atoms with van der Waals surface area (Å²) in [5.41, 5.74) is 20.3. The summed E-state index contributed by atoms with van der Waals surface area (Å²) in [5.74, 6) is 6.21. The van der Waals surface area contributed by atoms with Crippen molar-refractivity contribution in [1.82, 2.24) is 35.0 Å². The summed E-state index contributed by atoms with van der Waals surface area (Å²) in [6.45, 7) is 23.9. The molecular weight excluding hydrogens is 4770 g/mol. The summed E-state index contributed by atoms with van der Waals surface area (Å²) in [6, 6.07) is 24.2. The van der Waals surface area contributed by atoms with Gasteiger partial charge in [-0.15, -0.1) is 0 Å². The van der Waals surface area contributed by atoms with Gasteiger partial charge in [-0.1, -0.05) is 106 Å². The van der Waals surface area contributed by atoms with Gasteiger partial charge in [0.1, 0.15) is 28.9 Å². The van der Waals surface area contributed by atoms with Crippen LogP contribution in [0.25, 0.3) is 22.1 Å². The number of aromatic nitrogens is 6. The van der Waals surface area contributed by atoms with E-state index in [2.05, 4.69) is 366 Å². The van der Waals surface area contributed by atoms with Gasteiger partial charge in [0.25, 0.3) is 17.8 Å². The Labute approximate surface area is 945 Å². The number of carbonyl (C=O) groups is 3. The predicted octanol–water partition coefficient (Wildman–Crippen LogP) is 38.1. The topological polar surface area (TPSA) is 290 Å². The van der Waals surface area contributed by atoms with E-state index in [-0.39, 0.29) is 96.9 Å². The van der Waals surface area contributed by atoms with Crippen LogP contribution in [0, 0.1) is 27.7 Å². The first-order valence-corrected chi connectivity index (χ1v) is 199. The predicted molar refractivity (Wildman–Crippen MR) is 763 cm³/mol. The molecule has 0 saturated carbocycles. The third-order valence-corrected chi connectivity index (χ3v) is 1920. The van der Waals surface area contributed by atoms with Crippen LogP contribution >= 0.6 is 390 Å². The van der Waals surface area contributed by atoms with Crippen molar-refractivity contribution in [2.24, 2.45) is 19.9 Å². The van der Waals surface area contributed by atoms with Gasteiger partial charge in [0, 0.05) is 93.9 Å². The number of carbonyl (C=O) groups excluding carboxylic acids is 2. The quantitative estimate of drug-likeness (QED) is 0.0142. The number of pyridine rings is 2. The summed E-state index contributed by atoms with van der Waals surface area (Å²) in [4.78, 5) is 48.2. The van der Waals surface area contributed by atoms with E-state index < -0.39 is 96.8 Å². The van der Waals surface area contributed by atoms with E-state index in [1.807, 2.05) is 97.4 Å². The number of anilines is 5. The number of carboxylic acid groups (broad SMARTS) is 1. The van der Waals surface area contributed by atoms with Crippen molar-refractivity contribution in [2.45, 2.75) is 134 Å². The Morgan fingerprint density at radius 3 is 1.30 bits per heavy atom. The van der Waals surface area contributed by atoms with Crippen molar-refractivity contribution in [2.75, 3.05) is 66.8 Å². The number of nitrogens with zero attached hydrogens (tertiary/aromatic N) is 8. The number of hydrogen-bond acceptors (Lipinski definition) is 20. The Hall–Kier alpha value is 10.1. The maximum atomic E-state index is 12.7. The second-order valence-corrected chi connectivity index (χ2v) is 630. The van der Waals surface area contributed by atoms with Gasteiger partial charge in [0.15, 0.2) is 17.1 Å². The molecule has 0 saturated heterocycles. The number of rotatable bonds is 24. The van der Waals surface area contributed by atoms with E-state index in [1.165, 1.54) is 25.3 Å². The summed E-state index contributed by atoms with van der Waals surface area (Å²) in [5, 5.41) is 24.5. The maximum absolute atomic E-state index is 12.7. The standard InChI is InChI=1S/C26H29ClN6O3.2C17H18ClNO4.C9H13N5.4CH4.I27/c1-14-11-21(28-24-23(14)15(2)31-33(24)6)29-30-25(34)19-7-8-22(35-19)36-20-12-16-18(13-17(20)27)32(5)10-9-26(16,3)4;1-17(2)6-7-19-12-9-11(18)14(8-10(12)17)23-15-5-4-13(22-15)16(20)21-3;1-17(2)6-7-19(3)12-9-11(18)14(8-10(12)17)23-15-5-4-13(22-15)16(20)21;1-5-4-7(12-10)11-9-8(5)6(2)13-14(9)3;;;;;1-15-17(4)19(6)21(8)23(10)25(12)27(14)26(13)24(11)22(9)20(7)18(5)16(2)3/h7-8,11-13H,9-10H2,1-6H3,(H,28,29)(H,30,34);4-5,8-9,19H,6-7H2,1-3H3;4-5,8-9H,6-7H2,1-3H3,(H,20,21);4H,10H2,1-3H3,(H,11,12);4*1H4;/q;;;;;;;;-1. The third kappa shape index (κ3) is 34.8. The van der Waals surface area contributed by atoms with Crippen LogP contribution in [-0.2, 0) is 35.1 Å². The molecule has 0 spiro atoms. The number of hydrogen-bond donors (Lipinski definition) is 6. The molecule has 728 valence electrons. The van der Waals surface area contributed by atoms with E-state index in [0.717, 1.165) is 117 Å². The number of carboxylic acids is 1. The number of ether oxygens (including phenoxy) is 4. The summed E-state index contributed by atoms with van der Waals surface area (Å²) < 4.78 is 41.5. The second-order valence-electron chi connectivity index (χ2n) is 27.7. The van der Waals surface area contributed by atoms with Gasteiger partial charge in [0.05, 0.1) is 33.6 Å². The number of fused-ring (bicyclic) bond motifs is 5. The zero-order valence-corrected chi connectivity index (χ0v) is 127. The number of nitrogens with two attached hydrogens (primary N) is 1. The van der Waals surface area contributed by atoms with E-state index in [0.29, 0.717) is 57.2 Å². The molecule has 0 bridgehead atoms. The monoisotopic (exact) mass is 4860 g/mol. The molecule has 10 heterocycles. The van der Waals surface area contributed by atoms with Crippen molar-refractivity contribution < 1.29 is 64.9 Å². The van der Waals surface area contributed by atoms with Gasteiger partial charge in [-0.05, 0) is 158 Å². The fourth-order valence-electron chi connectivity index (χ4n) is 12.2. The van der Waals surface area contributed by atoms with Gasteiger partial charge in [-0.2, -0.15) is 10.2 Å². The fraction of sp³-hybridized carbons (Fsp3) is 0.384. The average molecular weight is 4860 g/mol. The van der Waals surface area contributed by atoms with E-state index in [9.17, 15) is 14.4 Å². The van der Waals surface area contributed by atoms with Crippen LogP contribution in [0.3, 0.4) is 0 Å². The molecule has 24 nitrogen and oxygen atoms in total. The number of aromatic carboxylic acids is 1. The molecule has 3 aliphatic heterocycles. The normalized spacial score (nSPS) is 14.9. The fourth-order valence-corrected chi connectivity index (χ4v) is 4410. The van der Waals surface area contributed by atoms with Gasteiger partial charge >= 0.3 is 386 Å². The van der Waals surface area contributed by atoms with Gasteiger partial charge < -0.3 is 57.8 Å². The molecule has 10 aromatic rings. The van der Waals surface area contributed by atoms with Gasteiger partial charge in [-0.25, -0.2) is 25.4 Å². The van der Waals surface area contributed by atoms with Crippen LogP contribution in [0.4, 0.5) is 28.7 Å². The van der Waals surface area contributed by atoms with Crippen molar-refractivity contribution in [1.29, 1.82) is 0 Å². The third-order valence-electron chi connectivity index (χ3n) is 18.3. The second kappa shape index (κ2) is 59.0. The number of nitrogen functional groups attached to an aromatic ring is 1. The van der Waals surface area contributed by atoms with Crippen LogP contribution in [0.2, 0.25) is 15.1 Å².